The summed E-state index contributed by atoms with van der Waals surface area (Å²) in [5.41, 5.74) is 3.57. The second-order valence-corrected chi connectivity index (χ2v) is 7.37. The molecule has 2 heterocycles. The molecule has 0 spiro atoms. The van der Waals surface area contributed by atoms with E-state index in [9.17, 15) is 0 Å². The number of nitrogens with zero attached hydrogens (tertiary/aromatic N) is 3. The first-order valence-corrected chi connectivity index (χ1v) is 8.83. The largest absolute Gasteiger partial charge is 0.378 e. The Morgan fingerprint density at radius 1 is 1.13 bits per heavy atom. The number of fused-ring (bicyclic) bond motifs is 3. The highest BCUT2D eigenvalue weighted by molar-refractivity contribution is 7.19. The Labute approximate surface area is 144 Å². The molecule has 4 nitrogen and oxygen atoms in total. The van der Waals surface area contributed by atoms with Crippen molar-refractivity contribution >= 4 is 50.3 Å². The minimum atomic E-state index is 0.296. The molecule has 0 aliphatic heterocycles. The quantitative estimate of drug-likeness (QED) is 0.702. The highest BCUT2D eigenvalue weighted by atomic mass is 35.5. The van der Waals surface area contributed by atoms with Gasteiger partial charge in [-0.05, 0) is 60.7 Å². The molecule has 2 aromatic heterocycles. The molecule has 1 aliphatic rings. The van der Waals surface area contributed by atoms with Gasteiger partial charge >= 0.3 is 0 Å². The van der Waals surface area contributed by atoms with Crippen LogP contribution in [0.15, 0.2) is 24.3 Å². The summed E-state index contributed by atoms with van der Waals surface area (Å²) < 4.78 is 0. The summed E-state index contributed by atoms with van der Waals surface area (Å²) in [5, 5.41) is 4.86. The van der Waals surface area contributed by atoms with Crippen molar-refractivity contribution in [3.63, 3.8) is 0 Å². The summed E-state index contributed by atoms with van der Waals surface area (Å²) in [6.07, 6.45) is 3.47. The summed E-state index contributed by atoms with van der Waals surface area (Å²) in [6.45, 7) is 0. The summed E-state index contributed by atoms with van der Waals surface area (Å²) in [6, 6.07) is 8.29. The highest BCUT2D eigenvalue weighted by Crippen LogP contribution is 2.40. The Bertz CT molecular complexity index is 870. The zero-order chi connectivity index (χ0) is 16.0. The van der Waals surface area contributed by atoms with Gasteiger partial charge in [-0.1, -0.05) is 0 Å². The van der Waals surface area contributed by atoms with Crippen LogP contribution in [-0.4, -0.2) is 24.1 Å². The normalized spacial score (nSPS) is 13.3. The van der Waals surface area contributed by atoms with Gasteiger partial charge in [0.25, 0.3) is 0 Å². The third-order valence-electron chi connectivity index (χ3n) is 4.18. The van der Waals surface area contributed by atoms with E-state index < -0.39 is 0 Å². The molecular formula is C17H17ClN4S. The Morgan fingerprint density at radius 2 is 1.91 bits per heavy atom. The molecular weight excluding hydrogens is 328 g/mol. The number of thiophene rings is 1. The first-order valence-electron chi connectivity index (χ1n) is 7.64. The minimum absolute atomic E-state index is 0.296. The maximum atomic E-state index is 6.12. The van der Waals surface area contributed by atoms with Gasteiger partial charge in [-0.25, -0.2) is 4.98 Å². The third kappa shape index (κ3) is 2.64. The summed E-state index contributed by atoms with van der Waals surface area (Å²) in [4.78, 5) is 13.3. The molecule has 0 fully saturated rings. The van der Waals surface area contributed by atoms with Crippen LogP contribution in [-0.2, 0) is 12.8 Å². The van der Waals surface area contributed by atoms with Crippen LogP contribution in [0.5, 0.6) is 0 Å². The van der Waals surface area contributed by atoms with E-state index in [1.54, 1.807) is 11.3 Å². The summed E-state index contributed by atoms with van der Waals surface area (Å²) in [7, 11) is 4.07. The van der Waals surface area contributed by atoms with Crippen LogP contribution in [0.3, 0.4) is 0 Å². The van der Waals surface area contributed by atoms with E-state index >= 15 is 0 Å². The molecule has 1 aliphatic carbocycles. The molecule has 0 saturated heterocycles. The molecule has 0 bridgehead atoms. The Kier molecular flexibility index (Phi) is 3.62. The lowest BCUT2D eigenvalue weighted by atomic mass is 10.2. The van der Waals surface area contributed by atoms with Crippen LogP contribution >= 0.6 is 22.9 Å². The van der Waals surface area contributed by atoms with E-state index in [4.69, 9.17) is 11.6 Å². The molecule has 0 atom stereocenters. The molecule has 0 unspecified atom stereocenters. The fraction of sp³-hybridized carbons (Fsp3) is 0.294. The standard InChI is InChI=1S/C17H17ClN4S/c1-22(2)11-8-6-10(7-9-11)19-15-14-12-4-3-5-13(12)23-16(14)21-17(18)20-15/h6-9H,3-5H2,1-2H3,(H,19,20,21). The summed E-state index contributed by atoms with van der Waals surface area (Å²) >= 11 is 7.87. The molecule has 0 saturated carbocycles. The average Bonchev–Trinajstić information content (AvgIpc) is 3.07. The molecule has 4 rings (SSSR count). The highest BCUT2D eigenvalue weighted by Gasteiger charge is 2.22. The van der Waals surface area contributed by atoms with Crippen LogP contribution < -0.4 is 10.2 Å². The van der Waals surface area contributed by atoms with Crippen LogP contribution in [0.2, 0.25) is 5.28 Å². The molecule has 0 radical (unpaired) electrons. The summed E-state index contributed by atoms with van der Waals surface area (Å²) in [5.74, 6) is 0.817. The smallest absolute Gasteiger partial charge is 0.225 e. The number of aryl methyl sites for hydroxylation is 2. The second kappa shape index (κ2) is 5.65. The van der Waals surface area contributed by atoms with E-state index in [1.165, 1.54) is 16.9 Å². The molecule has 23 heavy (non-hydrogen) atoms. The number of anilines is 3. The molecule has 3 aromatic rings. The third-order valence-corrected chi connectivity index (χ3v) is 5.54. The number of halogens is 1. The SMILES string of the molecule is CN(C)c1ccc(Nc2nc(Cl)nc3sc4c(c23)CCC4)cc1. The van der Waals surface area contributed by atoms with Gasteiger partial charge in [0.05, 0.1) is 5.39 Å². The zero-order valence-electron chi connectivity index (χ0n) is 13.1. The number of rotatable bonds is 3. The Morgan fingerprint density at radius 3 is 2.65 bits per heavy atom. The van der Waals surface area contributed by atoms with Crippen molar-refractivity contribution in [3.8, 4) is 0 Å². The van der Waals surface area contributed by atoms with Crippen molar-refractivity contribution in [2.45, 2.75) is 19.3 Å². The van der Waals surface area contributed by atoms with Crippen molar-refractivity contribution in [3.05, 3.63) is 40.0 Å². The molecule has 1 aromatic carbocycles. The topological polar surface area (TPSA) is 41.0 Å². The van der Waals surface area contributed by atoms with Crippen molar-refractivity contribution in [2.75, 3.05) is 24.3 Å². The number of aromatic nitrogens is 2. The number of benzene rings is 1. The number of hydrogen-bond acceptors (Lipinski definition) is 5. The maximum Gasteiger partial charge on any atom is 0.225 e. The van der Waals surface area contributed by atoms with Crippen LogP contribution in [0.1, 0.15) is 16.9 Å². The first-order chi connectivity index (χ1) is 11.1. The lowest BCUT2D eigenvalue weighted by Crippen LogP contribution is -2.08. The van der Waals surface area contributed by atoms with Crippen molar-refractivity contribution in [2.24, 2.45) is 0 Å². The van der Waals surface area contributed by atoms with E-state index in [0.29, 0.717) is 5.28 Å². The molecule has 6 heteroatoms. The molecule has 0 amide bonds. The van der Waals surface area contributed by atoms with Crippen molar-refractivity contribution in [1.82, 2.24) is 9.97 Å². The number of nitrogens with one attached hydrogen (secondary N) is 1. The maximum absolute atomic E-state index is 6.12. The van der Waals surface area contributed by atoms with Gasteiger partial charge < -0.3 is 10.2 Å². The van der Waals surface area contributed by atoms with Crippen LogP contribution in [0.25, 0.3) is 10.2 Å². The number of hydrogen-bond donors (Lipinski definition) is 1. The van der Waals surface area contributed by atoms with Crippen LogP contribution in [0, 0.1) is 0 Å². The second-order valence-electron chi connectivity index (χ2n) is 5.95. The predicted octanol–water partition coefficient (Wildman–Crippen LogP) is 4.64. The van der Waals surface area contributed by atoms with Gasteiger partial charge in [-0.3, -0.25) is 0 Å². The van der Waals surface area contributed by atoms with Gasteiger partial charge in [0.2, 0.25) is 5.28 Å². The van der Waals surface area contributed by atoms with Gasteiger partial charge in [0, 0.05) is 30.3 Å². The van der Waals surface area contributed by atoms with E-state index in [-0.39, 0.29) is 0 Å². The van der Waals surface area contributed by atoms with Crippen molar-refractivity contribution in [1.29, 1.82) is 0 Å². The molecule has 1 N–H and O–H groups in total. The van der Waals surface area contributed by atoms with Crippen LogP contribution in [0.4, 0.5) is 17.2 Å². The predicted molar refractivity (Wildman–Crippen MR) is 98.5 cm³/mol. The lowest BCUT2D eigenvalue weighted by molar-refractivity contribution is 0.917. The van der Waals surface area contributed by atoms with Crippen molar-refractivity contribution < 1.29 is 0 Å². The molecule has 118 valence electrons. The fourth-order valence-corrected chi connectivity index (χ4v) is 4.52. The zero-order valence-corrected chi connectivity index (χ0v) is 14.6. The first kappa shape index (κ1) is 14.7. The monoisotopic (exact) mass is 344 g/mol. The van der Waals surface area contributed by atoms with Gasteiger partial charge in [-0.15, -0.1) is 11.3 Å². The minimum Gasteiger partial charge on any atom is -0.378 e. The van der Waals surface area contributed by atoms with Gasteiger partial charge in [-0.2, -0.15) is 4.98 Å². The lowest BCUT2D eigenvalue weighted by Gasteiger charge is -2.13. The van der Waals surface area contributed by atoms with E-state index in [2.05, 4.69) is 44.5 Å². The Hall–Kier alpha value is -1.85. The van der Waals surface area contributed by atoms with Gasteiger partial charge in [0.1, 0.15) is 10.6 Å². The van der Waals surface area contributed by atoms with Gasteiger partial charge in [0.15, 0.2) is 0 Å². The fourth-order valence-electron chi connectivity index (χ4n) is 3.04. The Balaban J connectivity index is 1.76. The van der Waals surface area contributed by atoms with E-state index in [0.717, 1.165) is 40.3 Å². The van der Waals surface area contributed by atoms with E-state index in [1.807, 2.05) is 14.1 Å². The average molecular weight is 345 g/mol.